The second-order valence-corrected chi connectivity index (χ2v) is 6.69. The molecule has 9 heteroatoms. The zero-order valence-corrected chi connectivity index (χ0v) is 14.9. The number of amides is 1. The first-order valence-corrected chi connectivity index (χ1v) is 8.84. The Labute approximate surface area is 150 Å². The van der Waals surface area contributed by atoms with Crippen molar-refractivity contribution in [3.63, 3.8) is 0 Å². The fourth-order valence-electron chi connectivity index (χ4n) is 3.40. The first-order valence-electron chi connectivity index (χ1n) is 8.84. The molecule has 3 heterocycles. The Morgan fingerprint density at radius 2 is 2.23 bits per heavy atom. The first-order chi connectivity index (χ1) is 12.7. The number of carbonyl (C=O) groups excluding carboxylic acids is 1. The molecule has 0 bridgehead atoms. The third-order valence-electron chi connectivity index (χ3n) is 5.02. The molecule has 1 fully saturated rings. The number of nitrogens with one attached hydrogen (secondary N) is 2. The summed E-state index contributed by atoms with van der Waals surface area (Å²) >= 11 is 0. The molecular weight excluding hydrogens is 332 g/mol. The van der Waals surface area contributed by atoms with E-state index in [1.807, 2.05) is 35.5 Å². The van der Waals surface area contributed by atoms with Gasteiger partial charge in [-0.25, -0.2) is 0 Å². The van der Waals surface area contributed by atoms with Crippen molar-refractivity contribution in [3.8, 4) is 0 Å². The van der Waals surface area contributed by atoms with Gasteiger partial charge in [-0.2, -0.15) is 10.2 Å². The average Bonchev–Trinajstić information content (AvgIpc) is 3.33. The molecule has 0 aromatic carbocycles. The van der Waals surface area contributed by atoms with Crippen LogP contribution in [0.3, 0.4) is 0 Å². The largest absolute Gasteiger partial charge is 0.349 e. The molecule has 4 rings (SSSR count). The lowest BCUT2D eigenvalue weighted by Gasteiger charge is -2.35. The number of hydrogen-bond donors (Lipinski definition) is 2. The highest BCUT2D eigenvalue weighted by Crippen LogP contribution is 2.36. The standard InChI is InChI=1S/C17H22N8O/c1-3-14-13(9-18-21-14)17(26)20-12-7-11(8-12)16-23-22-15(24(16)2)10-25-6-4-5-19-25/h4-6,9,11-12H,3,7-8,10H2,1-2H3,(H,18,21)(H,20,26). The third kappa shape index (κ3) is 3.00. The van der Waals surface area contributed by atoms with E-state index in [2.05, 4.69) is 30.8 Å². The van der Waals surface area contributed by atoms with Crippen molar-refractivity contribution in [2.24, 2.45) is 7.05 Å². The van der Waals surface area contributed by atoms with Crippen LogP contribution in [0.2, 0.25) is 0 Å². The van der Waals surface area contributed by atoms with Gasteiger partial charge in [0.25, 0.3) is 5.91 Å². The van der Waals surface area contributed by atoms with E-state index in [9.17, 15) is 4.79 Å². The molecule has 3 aromatic rings. The van der Waals surface area contributed by atoms with Crippen LogP contribution < -0.4 is 5.32 Å². The average molecular weight is 354 g/mol. The Balaban J connectivity index is 1.35. The fourth-order valence-corrected chi connectivity index (χ4v) is 3.40. The van der Waals surface area contributed by atoms with Crippen molar-refractivity contribution in [2.45, 2.75) is 44.7 Å². The van der Waals surface area contributed by atoms with Gasteiger partial charge in [-0.15, -0.1) is 10.2 Å². The maximum absolute atomic E-state index is 12.4. The minimum atomic E-state index is -0.0589. The molecule has 0 saturated heterocycles. The van der Waals surface area contributed by atoms with Gasteiger partial charge in [-0.1, -0.05) is 6.92 Å². The first kappa shape index (κ1) is 16.5. The van der Waals surface area contributed by atoms with E-state index in [4.69, 9.17) is 0 Å². The van der Waals surface area contributed by atoms with Crippen molar-refractivity contribution >= 4 is 5.91 Å². The summed E-state index contributed by atoms with van der Waals surface area (Å²) in [7, 11) is 1.99. The highest BCUT2D eigenvalue weighted by Gasteiger charge is 2.35. The van der Waals surface area contributed by atoms with Gasteiger partial charge in [-0.05, 0) is 25.3 Å². The van der Waals surface area contributed by atoms with Gasteiger partial charge < -0.3 is 9.88 Å². The quantitative estimate of drug-likeness (QED) is 0.687. The van der Waals surface area contributed by atoms with Gasteiger partial charge in [0.1, 0.15) is 12.4 Å². The van der Waals surface area contributed by atoms with Crippen LogP contribution in [-0.4, -0.2) is 46.7 Å². The fraction of sp³-hybridized carbons (Fsp3) is 0.471. The Morgan fingerprint density at radius 3 is 2.96 bits per heavy atom. The SMILES string of the molecule is CCc1[nH]ncc1C(=O)NC1CC(c2nnc(Cn3cccn3)n2C)C1. The lowest BCUT2D eigenvalue weighted by molar-refractivity contribution is 0.0906. The molecule has 0 atom stereocenters. The zero-order chi connectivity index (χ0) is 18.1. The van der Waals surface area contributed by atoms with Gasteiger partial charge >= 0.3 is 0 Å². The van der Waals surface area contributed by atoms with Crippen molar-refractivity contribution in [1.82, 2.24) is 40.1 Å². The molecular formula is C17H22N8O. The van der Waals surface area contributed by atoms with Crippen LogP contribution in [0.25, 0.3) is 0 Å². The maximum atomic E-state index is 12.4. The Kier molecular flexibility index (Phi) is 4.27. The number of rotatable bonds is 6. The number of aromatic amines is 1. The van der Waals surface area contributed by atoms with E-state index >= 15 is 0 Å². The highest BCUT2D eigenvalue weighted by molar-refractivity contribution is 5.95. The second kappa shape index (κ2) is 6.74. The van der Waals surface area contributed by atoms with Crippen molar-refractivity contribution in [1.29, 1.82) is 0 Å². The van der Waals surface area contributed by atoms with Gasteiger partial charge in [0.05, 0.1) is 11.8 Å². The van der Waals surface area contributed by atoms with Gasteiger partial charge in [-0.3, -0.25) is 14.6 Å². The molecule has 136 valence electrons. The van der Waals surface area contributed by atoms with Crippen LogP contribution >= 0.6 is 0 Å². The Bertz CT molecular complexity index is 888. The zero-order valence-electron chi connectivity index (χ0n) is 14.9. The van der Waals surface area contributed by atoms with Crippen molar-refractivity contribution < 1.29 is 4.79 Å². The summed E-state index contributed by atoms with van der Waals surface area (Å²) in [4.78, 5) is 12.4. The van der Waals surface area contributed by atoms with E-state index in [1.165, 1.54) is 0 Å². The van der Waals surface area contributed by atoms with E-state index < -0.39 is 0 Å². The Hall–Kier alpha value is -2.97. The minimum absolute atomic E-state index is 0.0589. The molecule has 2 N–H and O–H groups in total. The minimum Gasteiger partial charge on any atom is -0.349 e. The lowest BCUT2D eigenvalue weighted by Crippen LogP contribution is -2.44. The molecule has 26 heavy (non-hydrogen) atoms. The topological polar surface area (TPSA) is 106 Å². The predicted molar refractivity (Wildman–Crippen MR) is 93.5 cm³/mol. The number of carbonyl (C=O) groups is 1. The number of aryl methyl sites for hydroxylation is 1. The second-order valence-electron chi connectivity index (χ2n) is 6.69. The normalized spacial score (nSPS) is 19.3. The number of nitrogens with zero attached hydrogens (tertiary/aromatic N) is 6. The number of aromatic nitrogens is 7. The summed E-state index contributed by atoms with van der Waals surface area (Å²) in [5.74, 6) is 2.10. The van der Waals surface area contributed by atoms with E-state index in [0.717, 1.165) is 36.6 Å². The molecule has 1 amide bonds. The van der Waals surface area contributed by atoms with Crippen LogP contribution in [0.1, 0.15) is 53.4 Å². The molecule has 3 aromatic heterocycles. The molecule has 1 aliphatic carbocycles. The number of hydrogen-bond acceptors (Lipinski definition) is 5. The molecule has 0 unspecified atom stereocenters. The third-order valence-corrected chi connectivity index (χ3v) is 5.02. The summed E-state index contributed by atoms with van der Waals surface area (Å²) in [6.45, 7) is 2.60. The molecule has 1 aliphatic rings. The van der Waals surface area contributed by atoms with Crippen LogP contribution in [0.15, 0.2) is 24.7 Å². The monoisotopic (exact) mass is 354 g/mol. The molecule has 1 saturated carbocycles. The van der Waals surface area contributed by atoms with Gasteiger partial charge in [0, 0.05) is 37.1 Å². The van der Waals surface area contributed by atoms with Gasteiger partial charge in [0.15, 0.2) is 5.82 Å². The smallest absolute Gasteiger partial charge is 0.254 e. The van der Waals surface area contributed by atoms with Crippen molar-refractivity contribution in [2.75, 3.05) is 0 Å². The lowest BCUT2D eigenvalue weighted by atomic mass is 9.79. The van der Waals surface area contributed by atoms with Crippen molar-refractivity contribution in [3.05, 3.63) is 47.6 Å². The summed E-state index contributed by atoms with van der Waals surface area (Å²) in [6.07, 6.45) is 7.75. The summed E-state index contributed by atoms with van der Waals surface area (Å²) in [6, 6.07) is 2.05. The van der Waals surface area contributed by atoms with Crippen LogP contribution in [-0.2, 0) is 20.0 Å². The summed E-state index contributed by atoms with van der Waals surface area (Å²) in [5, 5.41) is 22.8. The van der Waals surface area contributed by atoms with Crippen LogP contribution in [0, 0.1) is 0 Å². The molecule has 0 aliphatic heterocycles. The summed E-state index contributed by atoms with van der Waals surface area (Å²) in [5.41, 5.74) is 1.51. The van der Waals surface area contributed by atoms with E-state index in [1.54, 1.807) is 12.4 Å². The predicted octanol–water partition coefficient (Wildman–Crippen LogP) is 1.02. The molecule has 0 spiro atoms. The van der Waals surface area contributed by atoms with Gasteiger partial charge in [0.2, 0.25) is 0 Å². The Morgan fingerprint density at radius 1 is 1.38 bits per heavy atom. The summed E-state index contributed by atoms with van der Waals surface area (Å²) < 4.78 is 3.86. The molecule has 9 nitrogen and oxygen atoms in total. The van der Waals surface area contributed by atoms with Crippen LogP contribution in [0.4, 0.5) is 0 Å². The molecule has 0 radical (unpaired) electrons. The van der Waals surface area contributed by atoms with E-state index in [-0.39, 0.29) is 11.9 Å². The number of H-pyrrole nitrogens is 1. The van der Waals surface area contributed by atoms with E-state index in [0.29, 0.717) is 18.0 Å². The maximum Gasteiger partial charge on any atom is 0.254 e. The highest BCUT2D eigenvalue weighted by atomic mass is 16.1. The van der Waals surface area contributed by atoms with Crippen LogP contribution in [0.5, 0.6) is 0 Å².